The van der Waals surface area contributed by atoms with Gasteiger partial charge in [0.05, 0.1) is 11.6 Å². The number of benzene rings is 2. The van der Waals surface area contributed by atoms with Crippen molar-refractivity contribution < 1.29 is 4.79 Å². The van der Waals surface area contributed by atoms with Gasteiger partial charge in [-0.3, -0.25) is 4.79 Å². The van der Waals surface area contributed by atoms with Gasteiger partial charge in [-0.2, -0.15) is 5.26 Å². The van der Waals surface area contributed by atoms with Crippen molar-refractivity contribution in [2.45, 2.75) is 19.4 Å². The first kappa shape index (κ1) is 15.7. The second kappa shape index (κ2) is 7.96. The molecule has 4 nitrogen and oxygen atoms in total. The molecule has 0 aromatic heterocycles. The van der Waals surface area contributed by atoms with E-state index in [1.165, 1.54) is 5.56 Å². The van der Waals surface area contributed by atoms with E-state index in [9.17, 15) is 4.79 Å². The smallest absolute Gasteiger partial charge is 0.225 e. The van der Waals surface area contributed by atoms with Crippen LogP contribution in [0.25, 0.3) is 0 Å². The molecule has 0 aliphatic heterocycles. The quantitative estimate of drug-likeness (QED) is 0.859. The topological polar surface area (TPSA) is 64.9 Å². The summed E-state index contributed by atoms with van der Waals surface area (Å²) in [7, 11) is 0. The highest BCUT2D eigenvalue weighted by Gasteiger charge is 2.06. The van der Waals surface area contributed by atoms with Crippen LogP contribution in [0.5, 0.6) is 0 Å². The first-order valence-electron chi connectivity index (χ1n) is 7.27. The Bertz CT molecular complexity index is 644. The Kier molecular flexibility index (Phi) is 5.70. The van der Waals surface area contributed by atoms with Gasteiger partial charge < -0.3 is 10.6 Å². The fourth-order valence-electron chi connectivity index (χ4n) is 2.11. The standard InChI is InChI=1S/C18H19N3O/c1-14(16-5-3-2-4-6-16)20-12-11-18(22)21-17-9-7-15(13-19)8-10-17/h2-10,14,20H,11-12H2,1H3,(H,21,22). The Hall–Kier alpha value is -2.64. The molecular formula is C18H19N3O. The SMILES string of the molecule is CC(NCCC(=O)Nc1ccc(C#N)cc1)c1ccccc1. The van der Waals surface area contributed by atoms with Gasteiger partial charge in [0.15, 0.2) is 0 Å². The first-order valence-corrected chi connectivity index (χ1v) is 7.27. The molecule has 2 aromatic carbocycles. The number of carbonyl (C=O) groups is 1. The average molecular weight is 293 g/mol. The van der Waals surface area contributed by atoms with E-state index < -0.39 is 0 Å². The summed E-state index contributed by atoms with van der Waals surface area (Å²) in [5.41, 5.74) is 2.49. The summed E-state index contributed by atoms with van der Waals surface area (Å²) in [5.74, 6) is -0.0440. The summed E-state index contributed by atoms with van der Waals surface area (Å²) in [6, 6.07) is 19.2. The van der Waals surface area contributed by atoms with Crippen molar-refractivity contribution in [3.63, 3.8) is 0 Å². The minimum absolute atomic E-state index is 0.0440. The normalized spacial score (nSPS) is 11.5. The number of hydrogen-bond donors (Lipinski definition) is 2. The van der Waals surface area contributed by atoms with Gasteiger partial charge >= 0.3 is 0 Å². The highest BCUT2D eigenvalue weighted by molar-refractivity contribution is 5.90. The first-order chi connectivity index (χ1) is 10.7. The summed E-state index contributed by atoms with van der Waals surface area (Å²) in [4.78, 5) is 11.9. The summed E-state index contributed by atoms with van der Waals surface area (Å²) in [6.07, 6.45) is 0.400. The van der Waals surface area contributed by atoms with Crippen molar-refractivity contribution in [3.05, 3.63) is 65.7 Å². The second-order valence-corrected chi connectivity index (χ2v) is 5.07. The molecule has 0 bridgehead atoms. The molecule has 0 radical (unpaired) electrons. The van der Waals surface area contributed by atoms with Gasteiger partial charge in [0, 0.05) is 24.7 Å². The number of nitrogens with zero attached hydrogens (tertiary/aromatic N) is 1. The molecule has 0 aliphatic rings. The lowest BCUT2D eigenvalue weighted by molar-refractivity contribution is -0.116. The molecular weight excluding hydrogens is 274 g/mol. The molecule has 2 aromatic rings. The second-order valence-electron chi connectivity index (χ2n) is 5.07. The van der Waals surface area contributed by atoms with Crippen LogP contribution < -0.4 is 10.6 Å². The molecule has 0 saturated heterocycles. The van der Waals surface area contributed by atoms with Crippen LogP contribution in [0.15, 0.2) is 54.6 Å². The summed E-state index contributed by atoms with van der Waals surface area (Å²) in [6.45, 7) is 2.69. The largest absolute Gasteiger partial charge is 0.326 e. The number of anilines is 1. The third kappa shape index (κ3) is 4.72. The number of nitrogens with one attached hydrogen (secondary N) is 2. The van der Waals surface area contributed by atoms with Crippen molar-refractivity contribution in [2.24, 2.45) is 0 Å². The van der Waals surface area contributed by atoms with Gasteiger partial charge in [-0.05, 0) is 36.8 Å². The number of amides is 1. The van der Waals surface area contributed by atoms with Crippen LogP contribution in [-0.4, -0.2) is 12.5 Å². The lowest BCUT2D eigenvalue weighted by Crippen LogP contribution is -2.24. The zero-order valence-electron chi connectivity index (χ0n) is 12.5. The van der Waals surface area contributed by atoms with Crippen LogP contribution in [0.3, 0.4) is 0 Å². The number of carbonyl (C=O) groups excluding carboxylic acids is 1. The minimum Gasteiger partial charge on any atom is -0.326 e. The maximum absolute atomic E-state index is 11.9. The Morgan fingerprint density at radius 3 is 2.45 bits per heavy atom. The van der Waals surface area contributed by atoms with E-state index in [1.54, 1.807) is 24.3 Å². The van der Waals surface area contributed by atoms with E-state index in [1.807, 2.05) is 24.3 Å². The highest BCUT2D eigenvalue weighted by atomic mass is 16.1. The predicted molar refractivity (Wildman–Crippen MR) is 87.3 cm³/mol. The van der Waals surface area contributed by atoms with Crippen LogP contribution in [0.1, 0.15) is 30.5 Å². The molecule has 4 heteroatoms. The molecule has 0 heterocycles. The van der Waals surface area contributed by atoms with Crippen molar-refractivity contribution in [2.75, 3.05) is 11.9 Å². The summed E-state index contributed by atoms with van der Waals surface area (Å²) >= 11 is 0. The van der Waals surface area contributed by atoms with E-state index in [0.717, 1.165) is 0 Å². The van der Waals surface area contributed by atoms with Gasteiger partial charge in [-0.1, -0.05) is 30.3 Å². The van der Waals surface area contributed by atoms with Crippen LogP contribution in [-0.2, 0) is 4.79 Å². The van der Waals surface area contributed by atoms with Crippen LogP contribution in [0.4, 0.5) is 5.69 Å². The number of hydrogen-bond acceptors (Lipinski definition) is 3. The third-order valence-electron chi connectivity index (χ3n) is 3.40. The van der Waals surface area contributed by atoms with Crippen molar-refractivity contribution in [3.8, 4) is 6.07 Å². The number of nitriles is 1. The lowest BCUT2D eigenvalue weighted by atomic mass is 10.1. The molecule has 0 fully saturated rings. The molecule has 1 amide bonds. The molecule has 22 heavy (non-hydrogen) atoms. The van der Waals surface area contributed by atoms with E-state index in [2.05, 4.69) is 29.7 Å². The Morgan fingerprint density at radius 2 is 1.82 bits per heavy atom. The molecule has 2 N–H and O–H groups in total. The van der Waals surface area contributed by atoms with E-state index in [-0.39, 0.29) is 11.9 Å². The maximum atomic E-state index is 11.9. The van der Waals surface area contributed by atoms with Crippen LogP contribution in [0, 0.1) is 11.3 Å². The molecule has 2 rings (SSSR count). The monoisotopic (exact) mass is 293 g/mol. The van der Waals surface area contributed by atoms with E-state index in [4.69, 9.17) is 5.26 Å². The third-order valence-corrected chi connectivity index (χ3v) is 3.40. The van der Waals surface area contributed by atoms with Crippen molar-refractivity contribution in [1.82, 2.24) is 5.32 Å². The number of rotatable bonds is 6. The van der Waals surface area contributed by atoms with E-state index >= 15 is 0 Å². The average Bonchev–Trinajstić information content (AvgIpc) is 2.56. The zero-order valence-corrected chi connectivity index (χ0v) is 12.5. The van der Waals surface area contributed by atoms with Gasteiger partial charge in [0.2, 0.25) is 5.91 Å². The highest BCUT2D eigenvalue weighted by Crippen LogP contribution is 2.11. The fraction of sp³-hybridized carbons (Fsp3) is 0.222. The maximum Gasteiger partial charge on any atom is 0.225 e. The van der Waals surface area contributed by atoms with Crippen molar-refractivity contribution in [1.29, 1.82) is 5.26 Å². The van der Waals surface area contributed by atoms with Gasteiger partial charge in [-0.25, -0.2) is 0 Å². The fourth-order valence-corrected chi connectivity index (χ4v) is 2.11. The van der Waals surface area contributed by atoms with Crippen molar-refractivity contribution >= 4 is 11.6 Å². The molecule has 0 saturated carbocycles. The van der Waals surface area contributed by atoms with E-state index in [0.29, 0.717) is 24.2 Å². The summed E-state index contributed by atoms with van der Waals surface area (Å²) in [5, 5.41) is 14.9. The molecule has 0 spiro atoms. The Morgan fingerprint density at radius 1 is 1.14 bits per heavy atom. The van der Waals surface area contributed by atoms with Gasteiger partial charge in [0.25, 0.3) is 0 Å². The van der Waals surface area contributed by atoms with Crippen LogP contribution in [0.2, 0.25) is 0 Å². The molecule has 112 valence electrons. The molecule has 1 unspecified atom stereocenters. The van der Waals surface area contributed by atoms with Crippen LogP contribution >= 0.6 is 0 Å². The minimum atomic E-state index is -0.0440. The summed E-state index contributed by atoms with van der Waals surface area (Å²) < 4.78 is 0. The molecule has 1 atom stereocenters. The lowest BCUT2D eigenvalue weighted by Gasteiger charge is -2.14. The molecule has 0 aliphatic carbocycles. The van der Waals surface area contributed by atoms with Gasteiger partial charge in [0.1, 0.15) is 0 Å². The zero-order chi connectivity index (χ0) is 15.8. The Balaban J connectivity index is 1.74. The van der Waals surface area contributed by atoms with Gasteiger partial charge in [-0.15, -0.1) is 0 Å². The Labute approximate surface area is 130 Å². The predicted octanol–water partition coefficient (Wildman–Crippen LogP) is 3.24.